The molecule has 20 heavy (non-hydrogen) atoms. The number of hydrogen-bond donors (Lipinski definition) is 1. The number of carbonyl (C=O) groups excluding carboxylic acids is 2. The zero-order valence-corrected chi connectivity index (χ0v) is 12.7. The van der Waals surface area contributed by atoms with E-state index in [1.54, 1.807) is 7.05 Å². The molecule has 0 aromatic carbocycles. The van der Waals surface area contributed by atoms with Gasteiger partial charge in [0, 0.05) is 12.5 Å². The fraction of sp³-hybridized carbons (Fsp3) is 0.692. The monoisotopic (exact) mass is 296 g/mol. The van der Waals surface area contributed by atoms with E-state index >= 15 is 0 Å². The van der Waals surface area contributed by atoms with E-state index in [-0.39, 0.29) is 18.0 Å². The molecule has 1 saturated carbocycles. The summed E-state index contributed by atoms with van der Waals surface area (Å²) in [6.45, 7) is 2.28. The average Bonchev–Trinajstić information content (AvgIpc) is 2.89. The minimum Gasteiger partial charge on any atom is -0.321 e. The second kappa shape index (κ2) is 6.30. The normalized spacial score (nSPS) is 17.5. The van der Waals surface area contributed by atoms with Gasteiger partial charge in [0.05, 0.1) is 6.54 Å². The zero-order valence-electron chi connectivity index (χ0n) is 11.9. The topological polar surface area (TPSA) is 75.2 Å². The standard InChI is InChI=1S/C13H20N4O2S/c1-13(6-4-3-5-7-13)10-15-16-11(20-10)14-12(19)17(2)8-9-18/h9H,3-8H2,1-2H3,(H,14,16,19). The lowest BCUT2D eigenvalue weighted by Gasteiger charge is -2.30. The fourth-order valence-electron chi connectivity index (χ4n) is 2.45. The van der Waals surface area contributed by atoms with Crippen molar-refractivity contribution in [3.63, 3.8) is 0 Å². The van der Waals surface area contributed by atoms with E-state index in [9.17, 15) is 9.59 Å². The highest BCUT2D eigenvalue weighted by Crippen LogP contribution is 2.40. The van der Waals surface area contributed by atoms with Crippen LogP contribution >= 0.6 is 11.3 Å². The van der Waals surface area contributed by atoms with Crippen molar-refractivity contribution < 1.29 is 9.59 Å². The maximum absolute atomic E-state index is 11.8. The van der Waals surface area contributed by atoms with E-state index in [4.69, 9.17) is 0 Å². The quantitative estimate of drug-likeness (QED) is 0.866. The number of aromatic nitrogens is 2. The Morgan fingerprint density at radius 2 is 2.10 bits per heavy atom. The maximum atomic E-state index is 11.8. The predicted molar refractivity (Wildman–Crippen MR) is 78.1 cm³/mol. The molecule has 0 radical (unpaired) electrons. The summed E-state index contributed by atoms with van der Waals surface area (Å²) in [6.07, 6.45) is 6.67. The Kier molecular flexibility index (Phi) is 4.69. The number of carbonyl (C=O) groups is 2. The molecule has 110 valence electrons. The Balaban J connectivity index is 2.01. The molecule has 0 aliphatic heterocycles. The van der Waals surface area contributed by atoms with Crippen LogP contribution in [0.15, 0.2) is 0 Å². The number of hydrogen-bond acceptors (Lipinski definition) is 5. The van der Waals surface area contributed by atoms with E-state index in [1.807, 2.05) is 0 Å². The highest BCUT2D eigenvalue weighted by molar-refractivity contribution is 7.15. The van der Waals surface area contributed by atoms with Crippen LogP contribution in [0.25, 0.3) is 0 Å². The number of urea groups is 1. The van der Waals surface area contributed by atoms with E-state index in [0.717, 1.165) is 17.8 Å². The van der Waals surface area contributed by atoms with Crippen LogP contribution in [0.4, 0.5) is 9.93 Å². The van der Waals surface area contributed by atoms with Crippen LogP contribution in [0.2, 0.25) is 0 Å². The third-order valence-electron chi connectivity index (χ3n) is 3.81. The van der Waals surface area contributed by atoms with Crippen molar-refractivity contribution in [3.05, 3.63) is 5.01 Å². The average molecular weight is 296 g/mol. The Hall–Kier alpha value is -1.50. The van der Waals surface area contributed by atoms with Gasteiger partial charge in [-0.15, -0.1) is 10.2 Å². The number of anilines is 1. The minimum atomic E-state index is -0.339. The van der Waals surface area contributed by atoms with Gasteiger partial charge in [0.1, 0.15) is 11.3 Å². The fourth-order valence-corrected chi connectivity index (χ4v) is 3.38. The van der Waals surface area contributed by atoms with Crippen molar-refractivity contribution in [2.45, 2.75) is 44.4 Å². The lowest BCUT2D eigenvalue weighted by atomic mass is 9.76. The Morgan fingerprint density at radius 1 is 1.40 bits per heavy atom. The van der Waals surface area contributed by atoms with Gasteiger partial charge in [-0.05, 0) is 12.8 Å². The van der Waals surface area contributed by atoms with Gasteiger partial charge in [-0.1, -0.05) is 37.5 Å². The summed E-state index contributed by atoms with van der Waals surface area (Å²) in [7, 11) is 1.56. The van der Waals surface area contributed by atoms with Gasteiger partial charge in [-0.3, -0.25) is 5.32 Å². The molecule has 2 rings (SSSR count). The summed E-state index contributed by atoms with van der Waals surface area (Å²) in [4.78, 5) is 23.4. The first-order chi connectivity index (χ1) is 9.55. The number of aldehydes is 1. The van der Waals surface area contributed by atoms with E-state index in [0.29, 0.717) is 11.4 Å². The highest BCUT2D eigenvalue weighted by atomic mass is 32.1. The number of likely N-dealkylation sites (N-methyl/N-ethyl adjacent to an activating group) is 1. The van der Waals surface area contributed by atoms with Gasteiger partial charge < -0.3 is 9.69 Å². The third-order valence-corrected chi connectivity index (χ3v) is 4.95. The molecule has 7 heteroatoms. The van der Waals surface area contributed by atoms with Crippen LogP contribution in [-0.2, 0) is 10.2 Å². The van der Waals surface area contributed by atoms with Crippen molar-refractivity contribution in [1.82, 2.24) is 15.1 Å². The van der Waals surface area contributed by atoms with Crippen LogP contribution in [0.5, 0.6) is 0 Å². The summed E-state index contributed by atoms with van der Waals surface area (Å²) < 4.78 is 0. The molecule has 0 atom stereocenters. The highest BCUT2D eigenvalue weighted by Gasteiger charge is 2.32. The predicted octanol–water partition coefficient (Wildman–Crippen LogP) is 2.42. The molecule has 1 aliphatic carbocycles. The SMILES string of the molecule is CN(CC=O)C(=O)Nc1nnc(C2(C)CCCCC2)s1. The summed E-state index contributed by atoms with van der Waals surface area (Å²) >= 11 is 1.43. The first-order valence-electron chi connectivity index (χ1n) is 6.85. The smallest absolute Gasteiger partial charge is 0.321 e. The molecule has 0 unspecified atom stereocenters. The van der Waals surface area contributed by atoms with Crippen molar-refractivity contribution in [2.75, 3.05) is 18.9 Å². The molecule has 0 saturated heterocycles. The second-order valence-corrected chi connectivity index (χ2v) is 6.49. The molecule has 6 nitrogen and oxygen atoms in total. The number of nitrogens with zero attached hydrogens (tertiary/aromatic N) is 3. The lowest BCUT2D eigenvalue weighted by Crippen LogP contribution is -2.32. The van der Waals surface area contributed by atoms with Gasteiger partial charge in [-0.2, -0.15) is 0 Å². The van der Waals surface area contributed by atoms with Crippen LogP contribution in [0.3, 0.4) is 0 Å². The number of rotatable bonds is 4. The summed E-state index contributed by atoms with van der Waals surface area (Å²) in [5, 5.41) is 12.4. The van der Waals surface area contributed by atoms with Gasteiger partial charge in [0.25, 0.3) is 0 Å². The first-order valence-corrected chi connectivity index (χ1v) is 7.66. The maximum Gasteiger partial charge on any atom is 0.323 e. The molecule has 1 aromatic heterocycles. The van der Waals surface area contributed by atoms with E-state index in [1.165, 1.54) is 35.5 Å². The lowest BCUT2D eigenvalue weighted by molar-refractivity contribution is -0.108. The van der Waals surface area contributed by atoms with Crippen LogP contribution in [0, 0.1) is 0 Å². The molecule has 2 amide bonds. The summed E-state index contributed by atoms with van der Waals surface area (Å²) in [6, 6.07) is -0.339. The van der Waals surface area contributed by atoms with Crippen LogP contribution < -0.4 is 5.32 Å². The van der Waals surface area contributed by atoms with Crippen molar-refractivity contribution in [1.29, 1.82) is 0 Å². The number of nitrogens with one attached hydrogen (secondary N) is 1. The Morgan fingerprint density at radius 3 is 2.75 bits per heavy atom. The van der Waals surface area contributed by atoms with Gasteiger partial charge in [0.2, 0.25) is 5.13 Å². The van der Waals surface area contributed by atoms with Crippen molar-refractivity contribution in [2.24, 2.45) is 0 Å². The second-order valence-electron chi connectivity index (χ2n) is 5.51. The summed E-state index contributed by atoms with van der Waals surface area (Å²) in [5.74, 6) is 0. The minimum absolute atomic E-state index is 0.0647. The molecule has 0 bridgehead atoms. The molecule has 1 aromatic rings. The number of amides is 2. The molecule has 0 spiro atoms. The van der Waals surface area contributed by atoms with E-state index < -0.39 is 0 Å². The van der Waals surface area contributed by atoms with Gasteiger partial charge in [-0.25, -0.2) is 4.79 Å². The zero-order chi connectivity index (χ0) is 14.6. The summed E-state index contributed by atoms with van der Waals surface area (Å²) in [5.41, 5.74) is 0.0909. The molecule has 1 heterocycles. The van der Waals surface area contributed by atoms with Crippen molar-refractivity contribution in [3.8, 4) is 0 Å². The molecule has 1 aliphatic rings. The molecular weight excluding hydrogens is 276 g/mol. The Labute approximate surface area is 122 Å². The first kappa shape index (κ1) is 14.9. The molecule has 1 N–H and O–H groups in total. The largest absolute Gasteiger partial charge is 0.323 e. The Bertz CT molecular complexity index is 482. The van der Waals surface area contributed by atoms with E-state index in [2.05, 4.69) is 22.4 Å². The van der Waals surface area contributed by atoms with Gasteiger partial charge in [0.15, 0.2) is 0 Å². The van der Waals surface area contributed by atoms with Crippen LogP contribution in [0.1, 0.15) is 44.0 Å². The third kappa shape index (κ3) is 3.33. The van der Waals surface area contributed by atoms with Crippen LogP contribution in [-0.4, -0.2) is 41.0 Å². The molecular formula is C13H20N4O2S. The van der Waals surface area contributed by atoms with Gasteiger partial charge >= 0.3 is 6.03 Å². The molecule has 1 fully saturated rings. The van der Waals surface area contributed by atoms with Crippen molar-refractivity contribution >= 4 is 28.8 Å².